The van der Waals surface area contributed by atoms with Crippen molar-refractivity contribution in [2.24, 2.45) is 0 Å². The van der Waals surface area contributed by atoms with Crippen molar-refractivity contribution in [2.75, 3.05) is 0 Å². The summed E-state index contributed by atoms with van der Waals surface area (Å²) in [6.07, 6.45) is -4.58. The molecule has 7 heteroatoms. The zero-order valence-electron chi connectivity index (χ0n) is 10.9. The highest BCUT2D eigenvalue weighted by molar-refractivity contribution is 7.99. The Labute approximate surface area is 133 Å². The van der Waals surface area contributed by atoms with Crippen molar-refractivity contribution in [3.63, 3.8) is 0 Å². The van der Waals surface area contributed by atoms with Crippen LogP contribution in [-0.4, -0.2) is 9.97 Å². The highest BCUT2D eigenvalue weighted by atomic mass is 35.5. The average Bonchev–Trinajstić information content (AvgIpc) is 2.48. The van der Waals surface area contributed by atoms with Crippen molar-refractivity contribution < 1.29 is 13.2 Å². The summed E-state index contributed by atoms with van der Waals surface area (Å²) in [5.41, 5.74) is -0.389. The number of nitrogens with zero attached hydrogens (tertiary/aromatic N) is 2. The lowest BCUT2D eigenvalue weighted by molar-refractivity contribution is -0.143. The maximum absolute atomic E-state index is 13.2. The molecule has 0 bridgehead atoms. The molecule has 0 spiro atoms. The molecule has 0 aliphatic heterocycles. The van der Waals surface area contributed by atoms with E-state index in [-0.39, 0.29) is 10.5 Å². The normalized spacial score (nSPS) is 11.8. The van der Waals surface area contributed by atoms with E-state index in [1.54, 1.807) is 42.5 Å². The minimum absolute atomic E-state index is 0.207. The molecule has 0 aliphatic rings. The van der Waals surface area contributed by atoms with Gasteiger partial charge >= 0.3 is 6.18 Å². The van der Waals surface area contributed by atoms with E-state index in [0.29, 0.717) is 15.4 Å². The molecular formula is C15H8ClF3N2S. The minimum Gasteiger partial charge on any atom is -0.239 e. The Hall–Kier alpha value is -1.79. The van der Waals surface area contributed by atoms with E-state index < -0.39 is 11.9 Å². The first kappa shape index (κ1) is 15.1. The van der Waals surface area contributed by atoms with E-state index >= 15 is 0 Å². The van der Waals surface area contributed by atoms with Gasteiger partial charge < -0.3 is 0 Å². The van der Waals surface area contributed by atoms with Crippen LogP contribution >= 0.6 is 23.4 Å². The largest absolute Gasteiger partial charge is 0.436 e. The number of rotatable bonds is 2. The fourth-order valence-corrected chi connectivity index (χ4v) is 3.05. The summed E-state index contributed by atoms with van der Waals surface area (Å²) >= 11 is 6.87. The summed E-state index contributed by atoms with van der Waals surface area (Å²) in [6.45, 7) is 0. The zero-order chi connectivity index (χ0) is 15.7. The highest BCUT2D eigenvalue weighted by Gasteiger charge is 2.37. The summed E-state index contributed by atoms with van der Waals surface area (Å²) in [5, 5.41) is 0.162. The van der Waals surface area contributed by atoms with E-state index in [1.165, 1.54) is 6.07 Å². The second-order valence-electron chi connectivity index (χ2n) is 4.40. The third-order valence-corrected chi connectivity index (χ3v) is 4.35. The molecule has 3 rings (SSSR count). The van der Waals surface area contributed by atoms with Crippen molar-refractivity contribution in [1.82, 2.24) is 9.97 Å². The predicted molar refractivity (Wildman–Crippen MR) is 80.1 cm³/mol. The maximum atomic E-state index is 13.2. The van der Waals surface area contributed by atoms with E-state index in [1.807, 2.05) is 0 Å². The molecule has 2 aromatic carbocycles. The number of aromatic nitrogens is 2. The van der Waals surface area contributed by atoms with Gasteiger partial charge in [-0.25, -0.2) is 9.97 Å². The van der Waals surface area contributed by atoms with Crippen molar-refractivity contribution in [3.05, 3.63) is 59.2 Å². The molecule has 3 aromatic rings. The van der Waals surface area contributed by atoms with Gasteiger partial charge in [0.25, 0.3) is 0 Å². The maximum Gasteiger partial charge on any atom is 0.436 e. The van der Waals surface area contributed by atoms with Crippen LogP contribution in [0, 0.1) is 0 Å². The van der Waals surface area contributed by atoms with Crippen molar-refractivity contribution >= 4 is 34.4 Å². The fraction of sp³-hybridized carbons (Fsp3) is 0.0667. The number of hydrogen-bond donors (Lipinski definition) is 0. The van der Waals surface area contributed by atoms with Crippen LogP contribution in [0.4, 0.5) is 13.2 Å². The van der Waals surface area contributed by atoms with Crippen LogP contribution in [0.15, 0.2) is 58.5 Å². The molecule has 0 atom stereocenters. The number of benzene rings is 2. The molecule has 0 fully saturated rings. The second kappa shape index (κ2) is 5.78. The molecular weight excluding hydrogens is 333 g/mol. The van der Waals surface area contributed by atoms with Gasteiger partial charge in [-0.05, 0) is 24.3 Å². The van der Waals surface area contributed by atoms with Gasteiger partial charge in [-0.2, -0.15) is 13.2 Å². The monoisotopic (exact) mass is 340 g/mol. The van der Waals surface area contributed by atoms with Crippen LogP contribution < -0.4 is 0 Å². The zero-order valence-corrected chi connectivity index (χ0v) is 12.5. The summed E-state index contributed by atoms with van der Waals surface area (Å²) in [4.78, 5) is 8.32. The first-order valence-electron chi connectivity index (χ1n) is 6.21. The standard InChI is InChI=1S/C15H8ClF3N2S/c16-9-5-1-4-8-12(9)22-14-13(15(17,18)19)20-10-6-2-3-7-11(10)21-14/h1-8H. The lowest BCUT2D eigenvalue weighted by atomic mass is 10.3. The van der Waals surface area contributed by atoms with Gasteiger partial charge in [-0.15, -0.1) is 0 Å². The molecule has 2 nitrogen and oxygen atoms in total. The quantitative estimate of drug-likeness (QED) is 0.620. The molecule has 0 radical (unpaired) electrons. The molecule has 1 aromatic heterocycles. The summed E-state index contributed by atoms with van der Waals surface area (Å²) in [7, 11) is 0. The summed E-state index contributed by atoms with van der Waals surface area (Å²) in [5.74, 6) is 0. The molecule has 22 heavy (non-hydrogen) atoms. The average molecular weight is 341 g/mol. The van der Waals surface area contributed by atoms with E-state index in [2.05, 4.69) is 9.97 Å². The predicted octanol–water partition coefficient (Wildman–Crippen LogP) is 5.45. The Kier molecular flexibility index (Phi) is 3.97. The van der Waals surface area contributed by atoms with Gasteiger partial charge in [-0.3, -0.25) is 0 Å². The van der Waals surface area contributed by atoms with Gasteiger partial charge in [-0.1, -0.05) is 47.6 Å². The SMILES string of the molecule is FC(F)(F)c1nc2ccccc2nc1Sc1ccccc1Cl. The van der Waals surface area contributed by atoms with Crippen molar-refractivity contribution in [2.45, 2.75) is 16.1 Å². The summed E-state index contributed by atoms with van der Waals surface area (Å²) < 4.78 is 39.7. The fourth-order valence-electron chi connectivity index (χ4n) is 1.87. The molecule has 0 aliphatic carbocycles. The molecule has 0 amide bonds. The lowest BCUT2D eigenvalue weighted by Crippen LogP contribution is -2.11. The van der Waals surface area contributed by atoms with Crippen molar-refractivity contribution in [1.29, 1.82) is 0 Å². The first-order valence-corrected chi connectivity index (χ1v) is 7.41. The molecule has 0 saturated heterocycles. The third kappa shape index (κ3) is 3.03. The molecule has 112 valence electrons. The minimum atomic E-state index is -4.58. The third-order valence-electron chi connectivity index (χ3n) is 2.85. The topological polar surface area (TPSA) is 25.8 Å². The van der Waals surface area contributed by atoms with Gasteiger partial charge in [0.15, 0.2) is 5.69 Å². The van der Waals surface area contributed by atoms with Gasteiger partial charge in [0.1, 0.15) is 5.03 Å². The Morgan fingerprint density at radius 1 is 0.864 bits per heavy atom. The van der Waals surface area contributed by atoms with Gasteiger partial charge in [0.05, 0.1) is 16.1 Å². The number of hydrogen-bond acceptors (Lipinski definition) is 3. The van der Waals surface area contributed by atoms with Crippen LogP contribution in [0.2, 0.25) is 5.02 Å². The van der Waals surface area contributed by atoms with Crippen LogP contribution in [0.25, 0.3) is 11.0 Å². The van der Waals surface area contributed by atoms with Gasteiger partial charge in [0.2, 0.25) is 0 Å². The Morgan fingerprint density at radius 2 is 1.45 bits per heavy atom. The number of alkyl halides is 3. The Morgan fingerprint density at radius 3 is 2.09 bits per heavy atom. The van der Waals surface area contributed by atoms with Crippen LogP contribution in [-0.2, 0) is 6.18 Å². The van der Waals surface area contributed by atoms with E-state index in [4.69, 9.17) is 11.6 Å². The van der Waals surface area contributed by atoms with Crippen LogP contribution in [0.1, 0.15) is 5.69 Å². The number of para-hydroxylation sites is 2. The number of halogens is 4. The van der Waals surface area contributed by atoms with Crippen LogP contribution in [0.5, 0.6) is 0 Å². The molecule has 0 saturated carbocycles. The number of fused-ring (bicyclic) bond motifs is 1. The van der Waals surface area contributed by atoms with E-state index in [9.17, 15) is 13.2 Å². The Bertz CT molecular complexity index is 836. The second-order valence-corrected chi connectivity index (χ2v) is 5.83. The molecule has 1 heterocycles. The molecule has 0 N–H and O–H groups in total. The van der Waals surface area contributed by atoms with Crippen molar-refractivity contribution in [3.8, 4) is 0 Å². The van der Waals surface area contributed by atoms with Crippen LogP contribution in [0.3, 0.4) is 0 Å². The van der Waals surface area contributed by atoms with Gasteiger partial charge in [0, 0.05) is 4.90 Å². The molecule has 0 unspecified atom stereocenters. The lowest BCUT2D eigenvalue weighted by Gasteiger charge is -2.12. The first-order chi connectivity index (χ1) is 10.4. The van der Waals surface area contributed by atoms with E-state index in [0.717, 1.165) is 11.8 Å². The highest BCUT2D eigenvalue weighted by Crippen LogP contribution is 2.40. The smallest absolute Gasteiger partial charge is 0.239 e. The Balaban J connectivity index is 2.16. The summed E-state index contributed by atoms with van der Waals surface area (Å²) in [6, 6.07) is 13.1.